The lowest BCUT2D eigenvalue weighted by Gasteiger charge is -2.06. The lowest BCUT2D eigenvalue weighted by molar-refractivity contribution is 0.256. The van der Waals surface area contributed by atoms with Crippen LogP contribution < -0.4 is 10.0 Å². The van der Waals surface area contributed by atoms with Gasteiger partial charge in [0.2, 0.25) is 10.0 Å². The largest absolute Gasteiger partial charge is 0.396 e. The molecule has 0 aliphatic carbocycles. The first kappa shape index (κ1) is 13.5. The molecular formula is C10H14N2O4S. The third-order valence-electron chi connectivity index (χ3n) is 1.89. The van der Waals surface area contributed by atoms with Crippen LogP contribution in [0.2, 0.25) is 0 Å². The fourth-order valence-corrected chi connectivity index (χ4v) is 1.60. The average Bonchev–Trinajstić information content (AvgIpc) is 2.18. The summed E-state index contributed by atoms with van der Waals surface area (Å²) in [5, 5.41) is 11.1. The SMILES string of the molecule is CS(=O)(=O)NC(=O)Nc1ccc(CCO)cc1. The number of sulfonamides is 1. The number of hydrogen-bond donors (Lipinski definition) is 3. The van der Waals surface area contributed by atoms with E-state index in [0.29, 0.717) is 12.1 Å². The van der Waals surface area contributed by atoms with Crippen molar-refractivity contribution >= 4 is 21.7 Å². The van der Waals surface area contributed by atoms with Gasteiger partial charge in [-0.15, -0.1) is 0 Å². The van der Waals surface area contributed by atoms with E-state index in [1.807, 2.05) is 0 Å². The molecule has 0 saturated carbocycles. The minimum atomic E-state index is -3.56. The van der Waals surface area contributed by atoms with Crippen LogP contribution in [0.15, 0.2) is 24.3 Å². The van der Waals surface area contributed by atoms with Crippen LogP contribution in [0.25, 0.3) is 0 Å². The number of hydrogen-bond acceptors (Lipinski definition) is 4. The second-order valence-corrected chi connectivity index (χ2v) is 5.25. The highest BCUT2D eigenvalue weighted by Crippen LogP contribution is 2.09. The number of anilines is 1. The molecule has 0 unspecified atom stereocenters. The zero-order valence-electron chi connectivity index (χ0n) is 9.30. The Morgan fingerprint density at radius 3 is 2.35 bits per heavy atom. The third-order valence-corrected chi connectivity index (χ3v) is 2.45. The quantitative estimate of drug-likeness (QED) is 0.724. The summed E-state index contributed by atoms with van der Waals surface area (Å²) >= 11 is 0. The standard InChI is InChI=1S/C10H14N2O4S/c1-17(15,16)12-10(14)11-9-4-2-8(3-5-9)6-7-13/h2-5,13H,6-7H2,1H3,(H2,11,12,14). The van der Waals surface area contributed by atoms with Crippen molar-refractivity contribution in [2.75, 3.05) is 18.2 Å². The van der Waals surface area contributed by atoms with Crippen molar-refractivity contribution in [2.45, 2.75) is 6.42 Å². The Morgan fingerprint density at radius 1 is 1.29 bits per heavy atom. The van der Waals surface area contributed by atoms with Gasteiger partial charge in [0.1, 0.15) is 0 Å². The molecule has 0 spiro atoms. The Labute approximate surface area is 99.7 Å². The lowest BCUT2D eigenvalue weighted by Crippen LogP contribution is -2.33. The van der Waals surface area contributed by atoms with E-state index >= 15 is 0 Å². The first-order chi connectivity index (χ1) is 7.90. The molecule has 0 saturated heterocycles. The highest BCUT2D eigenvalue weighted by Gasteiger charge is 2.07. The summed E-state index contributed by atoms with van der Waals surface area (Å²) in [6, 6.07) is 5.94. The Bertz CT molecular complexity index is 482. The topological polar surface area (TPSA) is 95.5 Å². The zero-order valence-corrected chi connectivity index (χ0v) is 10.1. The molecule has 0 aromatic heterocycles. The summed E-state index contributed by atoms with van der Waals surface area (Å²) in [6.07, 6.45) is 1.44. The minimum Gasteiger partial charge on any atom is -0.396 e. The maximum absolute atomic E-state index is 11.2. The third kappa shape index (κ3) is 5.32. The Kier molecular flexibility index (Phi) is 4.47. The maximum Gasteiger partial charge on any atom is 0.332 e. The average molecular weight is 258 g/mol. The summed E-state index contributed by atoms with van der Waals surface area (Å²) < 4.78 is 23.3. The summed E-state index contributed by atoms with van der Waals surface area (Å²) in [6.45, 7) is 0.0569. The highest BCUT2D eigenvalue weighted by molar-refractivity contribution is 7.89. The summed E-state index contributed by atoms with van der Waals surface area (Å²) in [4.78, 5) is 11.2. The van der Waals surface area contributed by atoms with Crippen LogP contribution in [-0.2, 0) is 16.4 Å². The van der Waals surface area contributed by atoms with E-state index in [0.717, 1.165) is 11.8 Å². The van der Waals surface area contributed by atoms with Gasteiger partial charge in [-0.2, -0.15) is 0 Å². The van der Waals surface area contributed by atoms with Gasteiger partial charge in [-0.25, -0.2) is 17.9 Å². The molecule has 0 aliphatic rings. The minimum absolute atomic E-state index is 0.0569. The smallest absolute Gasteiger partial charge is 0.332 e. The van der Waals surface area contributed by atoms with Crippen LogP contribution in [0.5, 0.6) is 0 Å². The Hall–Kier alpha value is -1.60. The van der Waals surface area contributed by atoms with Crippen LogP contribution in [0.3, 0.4) is 0 Å². The van der Waals surface area contributed by atoms with Crippen molar-refractivity contribution in [2.24, 2.45) is 0 Å². The van der Waals surface area contributed by atoms with Crippen molar-refractivity contribution < 1.29 is 18.3 Å². The fraction of sp³-hybridized carbons (Fsp3) is 0.300. The first-order valence-corrected chi connectivity index (χ1v) is 6.78. The number of amides is 2. The monoisotopic (exact) mass is 258 g/mol. The fourth-order valence-electron chi connectivity index (χ4n) is 1.21. The second-order valence-electron chi connectivity index (χ2n) is 3.50. The number of benzene rings is 1. The number of carbonyl (C=O) groups is 1. The van der Waals surface area contributed by atoms with Gasteiger partial charge in [0.05, 0.1) is 6.26 Å². The molecule has 1 aromatic carbocycles. The van der Waals surface area contributed by atoms with Gasteiger partial charge >= 0.3 is 6.03 Å². The van der Waals surface area contributed by atoms with Crippen LogP contribution >= 0.6 is 0 Å². The number of aliphatic hydroxyl groups excluding tert-OH is 1. The van der Waals surface area contributed by atoms with Crippen LogP contribution in [0.1, 0.15) is 5.56 Å². The molecule has 0 heterocycles. The van der Waals surface area contributed by atoms with Crippen molar-refractivity contribution in [3.05, 3.63) is 29.8 Å². The maximum atomic E-state index is 11.2. The van der Waals surface area contributed by atoms with E-state index in [1.165, 1.54) is 0 Å². The van der Waals surface area contributed by atoms with Gasteiger partial charge in [0.25, 0.3) is 0 Å². The summed E-state index contributed by atoms with van der Waals surface area (Å²) in [5.41, 5.74) is 1.41. The molecule has 17 heavy (non-hydrogen) atoms. The molecule has 2 amide bonds. The molecule has 1 aromatic rings. The Morgan fingerprint density at radius 2 is 1.88 bits per heavy atom. The number of rotatable bonds is 4. The van der Waals surface area contributed by atoms with Gasteiger partial charge in [0, 0.05) is 12.3 Å². The second kappa shape index (κ2) is 5.65. The Balaban J connectivity index is 2.60. The molecule has 0 bridgehead atoms. The van der Waals surface area contributed by atoms with Gasteiger partial charge in [-0.1, -0.05) is 12.1 Å². The van der Waals surface area contributed by atoms with Gasteiger partial charge in [0.15, 0.2) is 0 Å². The molecule has 0 aliphatic heterocycles. The molecule has 0 radical (unpaired) electrons. The van der Waals surface area contributed by atoms with Gasteiger partial charge < -0.3 is 10.4 Å². The van der Waals surface area contributed by atoms with E-state index in [9.17, 15) is 13.2 Å². The molecule has 94 valence electrons. The van der Waals surface area contributed by atoms with Crippen molar-refractivity contribution in [3.8, 4) is 0 Å². The van der Waals surface area contributed by atoms with Crippen LogP contribution in [-0.4, -0.2) is 32.4 Å². The predicted octanol–water partition coefficient (Wildman–Crippen LogP) is 0.302. The highest BCUT2D eigenvalue weighted by atomic mass is 32.2. The molecule has 1 rings (SSSR count). The van der Waals surface area contributed by atoms with Crippen LogP contribution in [0, 0.1) is 0 Å². The summed E-state index contributed by atoms with van der Waals surface area (Å²) in [7, 11) is -3.56. The van der Waals surface area contributed by atoms with E-state index in [2.05, 4.69) is 5.32 Å². The number of nitrogens with one attached hydrogen (secondary N) is 2. The van der Waals surface area contributed by atoms with Gasteiger partial charge in [-0.05, 0) is 24.1 Å². The number of aliphatic hydroxyl groups is 1. The molecule has 0 fully saturated rings. The first-order valence-electron chi connectivity index (χ1n) is 4.89. The van der Waals surface area contributed by atoms with Crippen molar-refractivity contribution in [3.63, 3.8) is 0 Å². The number of carbonyl (C=O) groups excluding carboxylic acids is 1. The molecule has 0 atom stereocenters. The zero-order chi connectivity index (χ0) is 12.9. The lowest BCUT2D eigenvalue weighted by atomic mass is 10.1. The predicted molar refractivity (Wildman–Crippen MR) is 64.2 cm³/mol. The number of urea groups is 1. The molecule has 7 heteroatoms. The van der Waals surface area contributed by atoms with E-state index in [1.54, 1.807) is 29.0 Å². The molecule has 6 nitrogen and oxygen atoms in total. The van der Waals surface area contributed by atoms with E-state index < -0.39 is 16.1 Å². The molecule has 3 N–H and O–H groups in total. The summed E-state index contributed by atoms with van der Waals surface area (Å²) in [5.74, 6) is 0. The van der Waals surface area contributed by atoms with Crippen LogP contribution in [0.4, 0.5) is 10.5 Å². The van der Waals surface area contributed by atoms with Gasteiger partial charge in [-0.3, -0.25) is 0 Å². The van der Waals surface area contributed by atoms with Crippen molar-refractivity contribution in [1.82, 2.24) is 4.72 Å². The van der Waals surface area contributed by atoms with Crippen molar-refractivity contribution in [1.29, 1.82) is 0 Å². The normalized spacial score (nSPS) is 10.9. The van der Waals surface area contributed by atoms with E-state index in [4.69, 9.17) is 5.11 Å². The van der Waals surface area contributed by atoms with E-state index in [-0.39, 0.29) is 6.61 Å². The molecular weight excluding hydrogens is 244 g/mol.